The summed E-state index contributed by atoms with van der Waals surface area (Å²) in [5, 5.41) is 0. The number of hydrogen-bond acceptors (Lipinski definition) is 2. The van der Waals surface area contributed by atoms with E-state index in [9.17, 15) is 18.0 Å². The third kappa shape index (κ3) is 3.38. The Morgan fingerprint density at radius 2 is 2.05 bits per heavy atom. The average molecular weight is 394 g/mol. The Kier molecular flexibility index (Phi) is 4.17. The molecular formula is C13H10F3IN2O. The first-order valence-corrected chi connectivity index (χ1v) is 6.76. The fourth-order valence-corrected chi connectivity index (χ4v) is 2.02. The Morgan fingerprint density at radius 3 is 2.65 bits per heavy atom. The van der Waals surface area contributed by atoms with Gasteiger partial charge in [-0.15, -0.1) is 0 Å². The summed E-state index contributed by atoms with van der Waals surface area (Å²) in [6.07, 6.45) is -4.23. The van der Waals surface area contributed by atoms with E-state index in [0.29, 0.717) is 20.7 Å². The molecule has 0 fully saturated rings. The van der Waals surface area contributed by atoms with Gasteiger partial charge in [-0.2, -0.15) is 13.2 Å². The summed E-state index contributed by atoms with van der Waals surface area (Å²) in [5.74, 6) is 0.354. The quantitative estimate of drug-likeness (QED) is 0.795. The number of halogens is 4. The van der Waals surface area contributed by atoms with Gasteiger partial charge in [0.1, 0.15) is 5.82 Å². The second-order valence-electron chi connectivity index (χ2n) is 4.29. The molecule has 2 rings (SSSR count). The van der Waals surface area contributed by atoms with E-state index >= 15 is 0 Å². The highest BCUT2D eigenvalue weighted by Crippen LogP contribution is 2.29. The first kappa shape index (κ1) is 15.0. The van der Waals surface area contributed by atoms with Crippen LogP contribution in [-0.4, -0.2) is 9.97 Å². The molecule has 1 heterocycles. The van der Waals surface area contributed by atoms with E-state index in [1.54, 1.807) is 13.0 Å². The number of alkyl halides is 3. The van der Waals surface area contributed by atoms with Gasteiger partial charge < -0.3 is 4.98 Å². The number of hydrogen-bond donors (Lipinski definition) is 1. The summed E-state index contributed by atoms with van der Waals surface area (Å²) >= 11 is 1.88. The predicted octanol–water partition coefficient (Wildman–Crippen LogP) is 3.29. The lowest BCUT2D eigenvalue weighted by Crippen LogP contribution is -2.17. The molecule has 0 spiro atoms. The topological polar surface area (TPSA) is 45.8 Å². The zero-order valence-corrected chi connectivity index (χ0v) is 12.5. The van der Waals surface area contributed by atoms with Gasteiger partial charge in [-0.3, -0.25) is 4.79 Å². The van der Waals surface area contributed by atoms with Crippen molar-refractivity contribution < 1.29 is 13.2 Å². The van der Waals surface area contributed by atoms with Gasteiger partial charge in [0, 0.05) is 6.42 Å². The minimum absolute atomic E-state index is 0.150. The van der Waals surface area contributed by atoms with Gasteiger partial charge in [0.2, 0.25) is 0 Å². The van der Waals surface area contributed by atoms with Gasteiger partial charge in [0.05, 0.1) is 14.8 Å². The van der Waals surface area contributed by atoms with Crippen molar-refractivity contribution in [2.45, 2.75) is 19.5 Å². The Morgan fingerprint density at radius 1 is 1.35 bits per heavy atom. The molecule has 0 bridgehead atoms. The number of benzene rings is 1. The number of aromatic amines is 1. The van der Waals surface area contributed by atoms with Crippen LogP contribution in [0.15, 0.2) is 29.1 Å². The van der Waals surface area contributed by atoms with Crippen LogP contribution >= 0.6 is 22.6 Å². The highest BCUT2D eigenvalue weighted by Gasteiger charge is 2.30. The first-order valence-electron chi connectivity index (χ1n) is 5.69. The van der Waals surface area contributed by atoms with Crippen molar-refractivity contribution in [2.24, 2.45) is 0 Å². The van der Waals surface area contributed by atoms with Crippen molar-refractivity contribution in [1.29, 1.82) is 0 Å². The molecule has 0 aliphatic heterocycles. The van der Waals surface area contributed by atoms with Gasteiger partial charge in [0.25, 0.3) is 5.56 Å². The lowest BCUT2D eigenvalue weighted by molar-refractivity contribution is -0.137. The van der Waals surface area contributed by atoms with Crippen molar-refractivity contribution >= 4 is 22.6 Å². The van der Waals surface area contributed by atoms with Crippen molar-refractivity contribution in [3.8, 4) is 0 Å². The SMILES string of the molecule is Cc1nc(Cc2cccc(C(F)(F)F)c2)[nH]c(=O)c1I. The molecule has 106 valence electrons. The zero-order valence-electron chi connectivity index (χ0n) is 10.4. The van der Waals surface area contributed by atoms with E-state index in [2.05, 4.69) is 9.97 Å². The third-order valence-corrected chi connectivity index (χ3v) is 3.97. The second kappa shape index (κ2) is 5.55. The van der Waals surface area contributed by atoms with Crippen LogP contribution in [0.5, 0.6) is 0 Å². The van der Waals surface area contributed by atoms with Crippen LogP contribution in [0, 0.1) is 10.5 Å². The first-order chi connectivity index (χ1) is 9.27. The third-order valence-electron chi connectivity index (χ3n) is 2.70. The summed E-state index contributed by atoms with van der Waals surface area (Å²) < 4.78 is 38.3. The molecule has 1 aromatic heterocycles. The summed E-state index contributed by atoms with van der Waals surface area (Å²) in [4.78, 5) is 18.3. The molecule has 2 aromatic rings. The monoisotopic (exact) mass is 394 g/mol. The fraction of sp³-hybridized carbons (Fsp3) is 0.231. The van der Waals surface area contributed by atoms with E-state index < -0.39 is 11.7 Å². The van der Waals surface area contributed by atoms with Crippen LogP contribution in [0.1, 0.15) is 22.6 Å². The average Bonchev–Trinajstić information content (AvgIpc) is 2.35. The maximum Gasteiger partial charge on any atom is 0.416 e. The molecule has 0 saturated carbocycles. The van der Waals surface area contributed by atoms with Crippen LogP contribution < -0.4 is 5.56 Å². The summed E-state index contributed by atoms with van der Waals surface area (Å²) in [6, 6.07) is 4.99. The van der Waals surface area contributed by atoms with E-state index in [0.717, 1.165) is 12.1 Å². The molecule has 1 N–H and O–H groups in total. The molecule has 1 aromatic carbocycles. The Bertz CT molecular complexity index is 695. The Balaban J connectivity index is 2.33. The number of rotatable bonds is 2. The molecule has 7 heteroatoms. The van der Waals surface area contributed by atoms with Crippen molar-refractivity contribution in [1.82, 2.24) is 9.97 Å². The molecule has 0 aliphatic rings. The summed E-state index contributed by atoms with van der Waals surface area (Å²) in [5.41, 5.74) is 0.0274. The van der Waals surface area contributed by atoms with Gasteiger partial charge in [-0.1, -0.05) is 18.2 Å². The van der Waals surface area contributed by atoms with E-state index in [4.69, 9.17) is 0 Å². The van der Waals surface area contributed by atoms with Crippen molar-refractivity contribution in [2.75, 3.05) is 0 Å². The van der Waals surface area contributed by atoms with Crippen LogP contribution in [0.4, 0.5) is 13.2 Å². The number of nitrogens with one attached hydrogen (secondary N) is 1. The van der Waals surface area contributed by atoms with Crippen LogP contribution in [0.2, 0.25) is 0 Å². The number of nitrogens with zero attached hydrogens (tertiary/aromatic N) is 1. The van der Waals surface area contributed by atoms with Crippen molar-refractivity contribution in [3.63, 3.8) is 0 Å². The minimum Gasteiger partial charge on any atom is -0.309 e. The zero-order chi connectivity index (χ0) is 14.9. The largest absolute Gasteiger partial charge is 0.416 e. The highest BCUT2D eigenvalue weighted by molar-refractivity contribution is 14.1. The number of H-pyrrole nitrogens is 1. The fourth-order valence-electron chi connectivity index (χ4n) is 1.76. The molecule has 0 radical (unpaired) electrons. The summed E-state index contributed by atoms with van der Waals surface area (Å²) in [7, 11) is 0. The minimum atomic E-state index is -4.38. The highest BCUT2D eigenvalue weighted by atomic mass is 127. The summed E-state index contributed by atoms with van der Waals surface area (Å²) in [6.45, 7) is 1.69. The number of aromatic nitrogens is 2. The van der Waals surface area contributed by atoms with E-state index in [1.807, 2.05) is 22.6 Å². The van der Waals surface area contributed by atoms with E-state index in [-0.39, 0.29) is 12.0 Å². The predicted molar refractivity (Wildman–Crippen MR) is 76.6 cm³/mol. The molecule has 0 saturated heterocycles. The van der Waals surface area contributed by atoms with Gasteiger partial charge in [-0.25, -0.2) is 4.98 Å². The number of aryl methyl sites for hydroxylation is 1. The van der Waals surface area contributed by atoms with Crippen LogP contribution in [0.25, 0.3) is 0 Å². The Labute approximate surface area is 126 Å². The lowest BCUT2D eigenvalue weighted by Gasteiger charge is -2.09. The molecule has 0 amide bonds. The molecule has 20 heavy (non-hydrogen) atoms. The van der Waals surface area contributed by atoms with Crippen LogP contribution in [0.3, 0.4) is 0 Å². The maximum absolute atomic E-state index is 12.6. The van der Waals surface area contributed by atoms with Crippen LogP contribution in [-0.2, 0) is 12.6 Å². The lowest BCUT2D eigenvalue weighted by atomic mass is 10.1. The molecule has 0 atom stereocenters. The molecule has 0 aliphatic carbocycles. The van der Waals surface area contributed by atoms with Gasteiger partial charge in [0.15, 0.2) is 0 Å². The molecule has 3 nitrogen and oxygen atoms in total. The smallest absolute Gasteiger partial charge is 0.309 e. The molecule has 0 unspecified atom stereocenters. The van der Waals surface area contributed by atoms with Gasteiger partial charge >= 0.3 is 6.18 Å². The maximum atomic E-state index is 12.6. The second-order valence-corrected chi connectivity index (χ2v) is 5.37. The van der Waals surface area contributed by atoms with E-state index in [1.165, 1.54) is 6.07 Å². The van der Waals surface area contributed by atoms with Gasteiger partial charge in [-0.05, 0) is 41.1 Å². The Hall–Kier alpha value is -1.38. The molecular weight excluding hydrogens is 384 g/mol. The normalized spacial score (nSPS) is 11.7. The van der Waals surface area contributed by atoms with Crippen molar-refractivity contribution in [3.05, 3.63) is 60.8 Å². The standard InChI is InChI=1S/C13H10F3IN2O/c1-7-11(17)12(20)19-10(18-7)6-8-3-2-4-9(5-8)13(14,15)16/h2-5H,6H2,1H3,(H,18,19,20).